The Morgan fingerprint density at radius 3 is 2.36 bits per heavy atom. The molecule has 1 aromatic carbocycles. The molecule has 7 heteroatoms. The van der Waals surface area contributed by atoms with Crippen LogP contribution >= 0.6 is 0 Å². The van der Waals surface area contributed by atoms with E-state index in [1.165, 1.54) is 4.90 Å². The average molecular weight is 353 g/mol. The van der Waals surface area contributed by atoms with E-state index in [1.54, 1.807) is 20.8 Å². The van der Waals surface area contributed by atoms with Crippen LogP contribution in [0.1, 0.15) is 26.3 Å². The number of aliphatic hydroxyl groups is 1. The second-order valence-electron chi connectivity index (χ2n) is 6.64. The maximum atomic E-state index is 12.0. The summed E-state index contributed by atoms with van der Waals surface area (Å²) >= 11 is 0. The zero-order valence-corrected chi connectivity index (χ0v) is 15.0. The van der Waals surface area contributed by atoms with Gasteiger partial charge in [-0.25, -0.2) is 0 Å². The molecule has 0 unspecified atom stereocenters. The van der Waals surface area contributed by atoms with Gasteiger partial charge in [0, 0.05) is 6.54 Å². The van der Waals surface area contributed by atoms with E-state index in [-0.39, 0.29) is 32.9 Å². The van der Waals surface area contributed by atoms with Gasteiger partial charge >= 0.3 is 11.9 Å². The fraction of sp³-hybridized carbons (Fsp3) is 0.556. The van der Waals surface area contributed by atoms with Crippen molar-refractivity contribution in [2.45, 2.75) is 39.0 Å². The van der Waals surface area contributed by atoms with Gasteiger partial charge in [-0.05, 0) is 26.3 Å². The summed E-state index contributed by atoms with van der Waals surface area (Å²) in [6, 6.07) is 8.32. The molecule has 0 saturated heterocycles. The Labute approximate surface area is 148 Å². The fourth-order valence-corrected chi connectivity index (χ4v) is 2.21. The Morgan fingerprint density at radius 2 is 1.84 bits per heavy atom. The first-order valence-corrected chi connectivity index (χ1v) is 8.14. The highest BCUT2D eigenvalue weighted by molar-refractivity contribution is 5.76. The molecule has 0 aliphatic rings. The summed E-state index contributed by atoms with van der Waals surface area (Å²) in [5.74, 6) is -1.67. The monoisotopic (exact) mass is 353 g/mol. The zero-order chi connectivity index (χ0) is 18.9. The van der Waals surface area contributed by atoms with Crippen molar-refractivity contribution in [3.05, 3.63) is 35.9 Å². The molecule has 0 aliphatic carbocycles. The predicted molar refractivity (Wildman–Crippen MR) is 92.0 cm³/mol. The van der Waals surface area contributed by atoms with Gasteiger partial charge in [0.25, 0.3) is 0 Å². The molecule has 1 atom stereocenters. The molecule has 1 rings (SSSR count). The topological polar surface area (TPSA) is 96.3 Å². The van der Waals surface area contributed by atoms with Crippen molar-refractivity contribution in [1.82, 2.24) is 4.90 Å². The molecule has 7 nitrogen and oxygen atoms in total. The molecule has 0 heterocycles. The molecular formula is C18H27NO6. The zero-order valence-electron chi connectivity index (χ0n) is 15.0. The quantitative estimate of drug-likeness (QED) is 0.612. The van der Waals surface area contributed by atoms with Gasteiger partial charge in [0.15, 0.2) is 0 Å². The summed E-state index contributed by atoms with van der Waals surface area (Å²) in [7, 11) is 0. The number of ether oxygens (including phenoxy) is 2. The van der Waals surface area contributed by atoms with Gasteiger partial charge in [-0.3, -0.25) is 14.5 Å². The minimum atomic E-state index is -1.12. The number of carbonyl (C=O) groups is 2. The SMILES string of the molecule is CC(C)(C)OC(=O)CN(CCO)[C@@H](COCc1ccccc1)C(=O)O. The molecule has 0 bridgehead atoms. The normalized spacial score (nSPS) is 12.8. The highest BCUT2D eigenvalue weighted by Gasteiger charge is 2.29. The number of carbonyl (C=O) groups excluding carboxylic acids is 1. The molecule has 25 heavy (non-hydrogen) atoms. The molecule has 140 valence electrons. The number of aliphatic carboxylic acids is 1. The molecule has 0 aliphatic heterocycles. The first kappa shape index (κ1) is 21.1. The number of carboxylic acid groups (broad SMARTS) is 1. The largest absolute Gasteiger partial charge is 0.480 e. The summed E-state index contributed by atoms with van der Waals surface area (Å²) in [6.45, 7) is 4.90. The Kier molecular flexibility index (Phi) is 8.54. The Hall–Kier alpha value is -1.96. The maximum Gasteiger partial charge on any atom is 0.323 e. The van der Waals surface area contributed by atoms with Crippen LogP contribution in [0.5, 0.6) is 0 Å². The van der Waals surface area contributed by atoms with Crippen molar-refractivity contribution < 1.29 is 29.3 Å². The molecule has 0 radical (unpaired) electrons. The van der Waals surface area contributed by atoms with Crippen molar-refractivity contribution in [3.63, 3.8) is 0 Å². The van der Waals surface area contributed by atoms with E-state index in [2.05, 4.69) is 0 Å². The molecular weight excluding hydrogens is 326 g/mol. The maximum absolute atomic E-state index is 12.0. The van der Waals surface area contributed by atoms with E-state index in [9.17, 15) is 19.8 Å². The smallest absolute Gasteiger partial charge is 0.323 e. The molecule has 0 amide bonds. The predicted octanol–water partition coefficient (Wildman–Crippen LogP) is 1.29. The van der Waals surface area contributed by atoms with E-state index in [1.807, 2.05) is 30.3 Å². The molecule has 2 N–H and O–H groups in total. The summed E-state index contributed by atoms with van der Waals surface area (Å²) in [5, 5.41) is 18.6. The summed E-state index contributed by atoms with van der Waals surface area (Å²) < 4.78 is 10.7. The first-order valence-electron chi connectivity index (χ1n) is 8.14. The van der Waals surface area contributed by atoms with E-state index in [0.717, 1.165) is 5.56 Å². The van der Waals surface area contributed by atoms with Crippen molar-refractivity contribution in [2.24, 2.45) is 0 Å². The lowest BCUT2D eigenvalue weighted by molar-refractivity contribution is -0.159. The van der Waals surface area contributed by atoms with Gasteiger partial charge in [-0.1, -0.05) is 30.3 Å². The van der Waals surface area contributed by atoms with Crippen molar-refractivity contribution >= 4 is 11.9 Å². The Bertz CT molecular complexity index is 540. The number of hydrogen-bond acceptors (Lipinski definition) is 6. The van der Waals surface area contributed by atoms with Crippen LogP contribution in [0.3, 0.4) is 0 Å². The Morgan fingerprint density at radius 1 is 1.20 bits per heavy atom. The lowest BCUT2D eigenvalue weighted by Gasteiger charge is -2.28. The molecule has 1 aromatic rings. The van der Waals surface area contributed by atoms with Crippen molar-refractivity contribution in [3.8, 4) is 0 Å². The van der Waals surface area contributed by atoms with Crippen LogP contribution in [0.2, 0.25) is 0 Å². The third-order valence-electron chi connectivity index (χ3n) is 3.25. The molecule has 0 spiro atoms. The van der Waals surface area contributed by atoms with Gasteiger partial charge in [0.05, 0.1) is 26.4 Å². The summed E-state index contributed by atoms with van der Waals surface area (Å²) in [5.41, 5.74) is 0.261. The number of carboxylic acids is 1. The fourth-order valence-electron chi connectivity index (χ4n) is 2.21. The number of benzene rings is 1. The number of rotatable bonds is 10. The van der Waals surface area contributed by atoms with Crippen molar-refractivity contribution in [2.75, 3.05) is 26.3 Å². The molecule has 0 saturated carbocycles. The van der Waals surface area contributed by atoms with Gasteiger partial charge < -0.3 is 19.7 Å². The van der Waals surface area contributed by atoms with Crippen LogP contribution < -0.4 is 0 Å². The molecule has 0 aromatic heterocycles. The van der Waals surface area contributed by atoms with Crippen LogP contribution in [-0.2, 0) is 25.7 Å². The van der Waals surface area contributed by atoms with E-state index in [4.69, 9.17) is 9.47 Å². The van der Waals surface area contributed by atoms with Gasteiger partial charge in [-0.15, -0.1) is 0 Å². The number of aliphatic hydroxyl groups excluding tert-OH is 1. The lowest BCUT2D eigenvalue weighted by atomic mass is 10.2. The Balaban J connectivity index is 2.66. The number of hydrogen-bond donors (Lipinski definition) is 2. The molecule has 0 fully saturated rings. The van der Waals surface area contributed by atoms with E-state index >= 15 is 0 Å². The van der Waals surface area contributed by atoms with Crippen LogP contribution in [-0.4, -0.2) is 65.0 Å². The van der Waals surface area contributed by atoms with E-state index < -0.39 is 23.6 Å². The third-order valence-corrected chi connectivity index (χ3v) is 3.25. The lowest BCUT2D eigenvalue weighted by Crippen LogP contribution is -2.48. The first-order chi connectivity index (χ1) is 11.7. The number of nitrogens with zero attached hydrogens (tertiary/aromatic N) is 1. The van der Waals surface area contributed by atoms with Gasteiger partial charge in [-0.2, -0.15) is 0 Å². The van der Waals surface area contributed by atoms with Crippen LogP contribution in [0.25, 0.3) is 0 Å². The number of esters is 1. The van der Waals surface area contributed by atoms with Crippen LogP contribution in [0.15, 0.2) is 30.3 Å². The second-order valence-corrected chi connectivity index (χ2v) is 6.64. The van der Waals surface area contributed by atoms with Gasteiger partial charge in [0.1, 0.15) is 11.6 Å². The summed E-state index contributed by atoms with van der Waals surface area (Å²) in [4.78, 5) is 24.9. The third kappa shape index (κ3) is 8.62. The highest BCUT2D eigenvalue weighted by Crippen LogP contribution is 2.10. The van der Waals surface area contributed by atoms with Gasteiger partial charge in [0.2, 0.25) is 0 Å². The van der Waals surface area contributed by atoms with Crippen LogP contribution in [0.4, 0.5) is 0 Å². The summed E-state index contributed by atoms with van der Waals surface area (Å²) in [6.07, 6.45) is 0. The average Bonchev–Trinajstić information content (AvgIpc) is 2.50. The van der Waals surface area contributed by atoms with Crippen molar-refractivity contribution in [1.29, 1.82) is 0 Å². The second kappa shape index (κ2) is 10.1. The van der Waals surface area contributed by atoms with E-state index in [0.29, 0.717) is 0 Å². The highest BCUT2D eigenvalue weighted by atomic mass is 16.6. The minimum Gasteiger partial charge on any atom is -0.480 e. The van der Waals surface area contributed by atoms with Crippen LogP contribution in [0, 0.1) is 0 Å². The minimum absolute atomic E-state index is 0.0326. The standard InChI is InChI=1S/C18H27NO6/c1-18(2,3)25-16(21)11-19(9-10-20)15(17(22)23)13-24-12-14-7-5-4-6-8-14/h4-8,15,20H,9-13H2,1-3H3,(H,22,23)/t15-/m0/s1.